The number of aromatic nitrogens is 2. The molecule has 0 amide bonds. The van der Waals surface area contributed by atoms with Crippen LogP contribution in [0.3, 0.4) is 0 Å². The van der Waals surface area contributed by atoms with Crippen LogP contribution in [0.2, 0.25) is 0 Å². The molecule has 0 spiro atoms. The summed E-state index contributed by atoms with van der Waals surface area (Å²) in [7, 11) is 0. The average Bonchev–Trinajstić information content (AvgIpc) is 2.35. The Morgan fingerprint density at radius 1 is 1.32 bits per heavy atom. The summed E-state index contributed by atoms with van der Waals surface area (Å²) in [6.45, 7) is 4.96. The summed E-state index contributed by atoms with van der Waals surface area (Å²) in [5.41, 5.74) is 2.23. The predicted octanol–water partition coefficient (Wildman–Crippen LogP) is 4.17. The number of rotatable bonds is 4. The summed E-state index contributed by atoms with van der Waals surface area (Å²) >= 11 is 5.77. The van der Waals surface area contributed by atoms with Crippen molar-refractivity contribution >= 4 is 44.3 Å². The molecule has 1 aromatic heterocycles. The van der Waals surface area contributed by atoms with Crippen LogP contribution in [0.15, 0.2) is 28.7 Å². The monoisotopic (exact) mass is 431 g/mol. The molecule has 1 N–H and O–H groups in total. The second-order valence-corrected chi connectivity index (χ2v) is 6.22. The quantitative estimate of drug-likeness (QED) is 0.738. The van der Waals surface area contributed by atoms with Crippen LogP contribution in [0.1, 0.15) is 24.0 Å². The maximum absolute atomic E-state index is 4.60. The summed E-state index contributed by atoms with van der Waals surface area (Å²) in [6.07, 6.45) is 0.746. The highest BCUT2D eigenvalue weighted by Crippen LogP contribution is 2.20. The van der Waals surface area contributed by atoms with Crippen molar-refractivity contribution in [1.82, 2.24) is 9.97 Å². The number of hydrogen-bond donors (Lipinski definition) is 1. The Morgan fingerprint density at radius 2 is 2.11 bits per heavy atom. The Bertz CT molecular complexity index is 587. The Balaban J connectivity index is 2.30. The van der Waals surface area contributed by atoms with Gasteiger partial charge in [0.1, 0.15) is 11.6 Å². The van der Waals surface area contributed by atoms with Crippen molar-refractivity contribution in [2.45, 2.75) is 20.3 Å². The molecule has 1 heterocycles. The molecule has 0 unspecified atom stereocenters. The van der Waals surface area contributed by atoms with Gasteiger partial charge in [0, 0.05) is 17.4 Å². The molecule has 2 rings (SSSR count). The van der Waals surface area contributed by atoms with E-state index in [9.17, 15) is 0 Å². The highest BCUT2D eigenvalue weighted by atomic mass is 127. The van der Waals surface area contributed by atoms with Gasteiger partial charge in [0.25, 0.3) is 0 Å². The van der Waals surface area contributed by atoms with E-state index in [0.29, 0.717) is 0 Å². The van der Waals surface area contributed by atoms with Crippen molar-refractivity contribution in [3.8, 4) is 0 Å². The molecule has 1 aromatic carbocycles. The summed E-state index contributed by atoms with van der Waals surface area (Å²) in [5, 5.41) is 3.29. The summed E-state index contributed by atoms with van der Waals surface area (Å²) < 4.78 is 2.18. The van der Waals surface area contributed by atoms with Crippen LogP contribution in [0.25, 0.3) is 0 Å². The zero-order valence-electron chi connectivity index (χ0n) is 10.9. The first kappa shape index (κ1) is 14.7. The summed E-state index contributed by atoms with van der Waals surface area (Å²) in [6, 6.07) is 8.25. The maximum atomic E-state index is 4.60. The Hall–Kier alpha value is -0.690. The highest BCUT2D eigenvalue weighted by Gasteiger charge is 2.09. The van der Waals surface area contributed by atoms with E-state index < -0.39 is 0 Å². The molecule has 0 bridgehead atoms. The van der Waals surface area contributed by atoms with Crippen molar-refractivity contribution in [3.63, 3.8) is 0 Å². The lowest BCUT2D eigenvalue weighted by Crippen LogP contribution is -2.08. The molecule has 3 nitrogen and oxygen atoms in total. The number of benzene rings is 1. The smallest absolute Gasteiger partial charge is 0.143 e. The lowest BCUT2D eigenvalue weighted by atomic mass is 10.1. The van der Waals surface area contributed by atoms with Crippen LogP contribution in [0.5, 0.6) is 0 Å². The van der Waals surface area contributed by atoms with Gasteiger partial charge < -0.3 is 5.32 Å². The van der Waals surface area contributed by atoms with E-state index in [-0.39, 0.29) is 0 Å². The number of nitrogens with one attached hydrogen (secondary N) is 1. The van der Waals surface area contributed by atoms with Gasteiger partial charge in [0.05, 0.1) is 9.26 Å². The van der Waals surface area contributed by atoms with Crippen LogP contribution >= 0.6 is 38.5 Å². The van der Waals surface area contributed by atoms with E-state index in [0.717, 1.165) is 38.3 Å². The van der Waals surface area contributed by atoms with Gasteiger partial charge in [0.15, 0.2) is 0 Å². The van der Waals surface area contributed by atoms with Crippen LogP contribution < -0.4 is 5.32 Å². The fourth-order valence-corrected chi connectivity index (χ4v) is 2.69. The van der Waals surface area contributed by atoms with Crippen molar-refractivity contribution in [2.75, 3.05) is 11.9 Å². The fraction of sp³-hybridized carbons (Fsp3) is 0.286. The second kappa shape index (κ2) is 6.65. The zero-order chi connectivity index (χ0) is 13.8. The van der Waals surface area contributed by atoms with Gasteiger partial charge in [-0.3, -0.25) is 0 Å². The Labute approximate surface area is 135 Å². The molecule has 0 saturated carbocycles. The minimum atomic E-state index is 0.746. The molecule has 0 radical (unpaired) electrons. The number of halogens is 2. The Kier molecular flexibility index (Phi) is 5.15. The maximum Gasteiger partial charge on any atom is 0.143 e. The van der Waals surface area contributed by atoms with Gasteiger partial charge in [0.2, 0.25) is 0 Å². The summed E-state index contributed by atoms with van der Waals surface area (Å²) in [4.78, 5) is 9.17. The van der Waals surface area contributed by atoms with Crippen LogP contribution in [-0.4, -0.2) is 16.5 Å². The van der Waals surface area contributed by atoms with E-state index in [1.54, 1.807) is 0 Å². The normalized spacial score (nSPS) is 10.5. The minimum Gasteiger partial charge on any atom is -0.369 e. The van der Waals surface area contributed by atoms with E-state index in [1.165, 1.54) is 5.56 Å². The van der Waals surface area contributed by atoms with E-state index >= 15 is 0 Å². The summed E-state index contributed by atoms with van der Waals surface area (Å²) in [5.74, 6) is 1.78. The number of anilines is 1. The first-order chi connectivity index (χ1) is 9.10. The van der Waals surface area contributed by atoms with Crippen molar-refractivity contribution < 1.29 is 0 Å². The molecule has 0 atom stereocenters. The predicted molar refractivity (Wildman–Crippen MR) is 90.6 cm³/mol. The molecular weight excluding hydrogens is 417 g/mol. The van der Waals surface area contributed by atoms with Gasteiger partial charge in [-0.05, 0) is 54.1 Å². The molecule has 100 valence electrons. The Morgan fingerprint density at radius 3 is 2.79 bits per heavy atom. The lowest BCUT2D eigenvalue weighted by molar-refractivity contribution is 0.929. The van der Waals surface area contributed by atoms with Gasteiger partial charge in [-0.25, -0.2) is 9.97 Å². The first-order valence-corrected chi connectivity index (χ1v) is 7.98. The molecule has 19 heavy (non-hydrogen) atoms. The third-order valence-corrected chi connectivity index (χ3v) is 4.44. The third-order valence-electron chi connectivity index (χ3n) is 2.66. The molecule has 5 heteroatoms. The van der Waals surface area contributed by atoms with Crippen LogP contribution in [0, 0.1) is 10.5 Å². The lowest BCUT2D eigenvalue weighted by Gasteiger charge is -2.10. The van der Waals surface area contributed by atoms with Gasteiger partial charge in [-0.15, -0.1) is 0 Å². The zero-order valence-corrected chi connectivity index (χ0v) is 14.6. The molecule has 0 saturated heterocycles. The topological polar surface area (TPSA) is 37.8 Å². The van der Waals surface area contributed by atoms with Crippen LogP contribution in [-0.2, 0) is 6.42 Å². The largest absolute Gasteiger partial charge is 0.369 e. The van der Waals surface area contributed by atoms with E-state index in [1.807, 2.05) is 19.1 Å². The third kappa shape index (κ3) is 3.89. The molecule has 0 aliphatic carbocycles. The van der Waals surface area contributed by atoms with Crippen molar-refractivity contribution in [2.24, 2.45) is 0 Å². The first-order valence-electron chi connectivity index (χ1n) is 6.11. The van der Waals surface area contributed by atoms with Crippen molar-refractivity contribution in [1.29, 1.82) is 0 Å². The molecule has 0 aliphatic heterocycles. The van der Waals surface area contributed by atoms with E-state index in [2.05, 4.69) is 72.9 Å². The highest BCUT2D eigenvalue weighted by molar-refractivity contribution is 14.1. The number of nitrogens with zero attached hydrogens (tertiary/aromatic N) is 2. The fourth-order valence-electron chi connectivity index (χ4n) is 1.81. The van der Waals surface area contributed by atoms with Crippen LogP contribution in [0.4, 0.5) is 5.82 Å². The molecule has 2 aromatic rings. The minimum absolute atomic E-state index is 0.746. The number of hydrogen-bond acceptors (Lipinski definition) is 3. The van der Waals surface area contributed by atoms with E-state index in [4.69, 9.17) is 0 Å². The second-order valence-electron chi connectivity index (χ2n) is 4.22. The number of aryl methyl sites for hydroxylation is 1. The standard InChI is InChI=1S/C14H15BrIN3/c1-3-17-14-13(16)9(2)18-12(19-14)8-10-5-4-6-11(15)7-10/h4-7H,3,8H2,1-2H3,(H,17,18,19). The SMILES string of the molecule is CCNc1nc(Cc2cccc(Br)c2)nc(C)c1I. The van der Waals surface area contributed by atoms with Gasteiger partial charge in [-0.2, -0.15) is 0 Å². The van der Waals surface area contributed by atoms with Gasteiger partial charge in [-0.1, -0.05) is 28.1 Å². The average molecular weight is 432 g/mol. The van der Waals surface area contributed by atoms with Gasteiger partial charge >= 0.3 is 0 Å². The molecular formula is C14H15BrIN3. The molecule has 0 aliphatic rings. The molecule has 0 fully saturated rings. The van der Waals surface area contributed by atoms with Crippen molar-refractivity contribution in [3.05, 3.63) is 49.4 Å².